The van der Waals surface area contributed by atoms with E-state index in [9.17, 15) is 0 Å². The van der Waals surface area contributed by atoms with Crippen LogP contribution in [-0.2, 0) is 0 Å². The molecule has 0 bridgehead atoms. The van der Waals surface area contributed by atoms with Crippen molar-refractivity contribution in [3.8, 4) is 0 Å². The zero-order chi connectivity index (χ0) is 13.1. The first-order valence-electron chi connectivity index (χ1n) is 6.64. The number of nitrogens with zero attached hydrogens (tertiary/aromatic N) is 1. The van der Waals surface area contributed by atoms with Gasteiger partial charge in [-0.3, -0.25) is 4.98 Å². The third kappa shape index (κ3) is 3.09. The summed E-state index contributed by atoms with van der Waals surface area (Å²) in [4.78, 5) is 4.49. The van der Waals surface area contributed by atoms with Gasteiger partial charge in [-0.05, 0) is 48.4 Å². The molecule has 0 aromatic carbocycles. The van der Waals surface area contributed by atoms with Gasteiger partial charge in [-0.25, -0.2) is 0 Å². The van der Waals surface area contributed by atoms with Gasteiger partial charge < -0.3 is 5.32 Å². The highest BCUT2D eigenvalue weighted by molar-refractivity contribution is 7.17. The molecule has 0 radical (unpaired) electrons. The van der Waals surface area contributed by atoms with Gasteiger partial charge in [0.25, 0.3) is 0 Å². The third-order valence-electron chi connectivity index (χ3n) is 3.71. The Morgan fingerprint density at radius 3 is 2.78 bits per heavy atom. The molecule has 0 aliphatic rings. The molecule has 98 valence electrons. The summed E-state index contributed by atoms with van der Waals surface area (Å²) in [5.41, 5.74) is 2.38. The van der Waals surface area contributed by atoms with Crippen LogP contribution in [0.1, 0.15) is 39.3 Å². The van der Waals surface area contributed by atoms with Gasteiger partial charge in [0, 0.05) is 12.2 Å². The summed E-state index contributed by atoms with van der Waals surface area (Å²) in [7, 11) is 0. The van der Waals surface area contributed by atoms with E-state index >= 15 is 0 Å². The third-order valence-corrected chi connectivity index (χ3v) is 4.56. The molecular weight excluding hydrogens is 240 g/mol. The van der Waals surface area contributed by atoms with Crippen LogP contribution in [0.4, 0.5) is 0 Å². The molecule has 2 aromatic heterocycles. The summed E-state index contributed by atoms with van der Waals surface area (Å²) in [6, 6.07) is 4.69. The maximum atomic E-state index is 4.49. The number of aromatic nitrogens is 1. The molecule has 2 nitrogen and oxygen atoms in total. The number of pyridine rings is 1. The summed E-state index contributed by atoms with van der Waals surface area (Å²) >= 11 is 1.76. The van der Waals surface area contributed by atoms with Gasteiger partial charge in [-0.15, -0.1) is 11.3 Å². The van der Waals surface area contributed by atoms with E-state index in [-0.39, 0.29) is 0 Å². The van der Waals surface area contributed by atoms with E-state index in [0.717, 1.165) is 18.0 Å². The number of rotatable bonds is 5. The standard InChI is InChI=1S/C15H22N2S/c1-10(2)11(3)8-16-12(4)13-7-15-14(17-9-13)5-6-18-15/h5-7,9-12,16H,8H2,1-4H3. The first-order valence-corrected chi connectivity index (χ1v) is 7.52. The number of fused-ring (bicyclic) bond motifs is 1. The average molecular weight is 262 g/mol. The van der Waals surface area contributed by atoms with Crippen molar-refractivity contribution in [1.29, 1.82) is 0 Å². The first-order chi connectivity index (χ1) is 8.58. The fourth-order valence-corrected chi connectivity index (χ4v) is 2.60. The van der Waals surface area contributed by atoms with Crippen molar-refractivity contribution in [2.75, 3.05) is 6.54 Å². The molecule has 3 heteroatoms. The van der Waals surface area contributed by atoms with E-state index in [0.29, 0.717) is 12.0 Å². The fourth-order valence-electron chi connectivity index (χ4n) is 1.81. The minimum atomic E-state index is 0.366. The second-order valence-electron chi connectivity index (χ2n) is 5.42. The monoisotopic (exact) mass is 262 g/mol. The lowest BCUT2D eigenvalue weighted by atomic mass is 9.97. The van der Waals surface area contributed by atoms with E-state index in [1.165, 1.54) is 10.3 Å². The Hall–Kier alpha value is -0.930. The molecule has 0 fully saturated rings. The number of hydrogen-bond donors (Lipinski definition) is 1. The second kappa shape index (κ2) is 5.81. The lowest BCUT2D eigenvalue weighted by molar-refractivity contribution is 0.375. The van der Waals surface area contributed by atoms with Gasteiger partial charge in [-0.1, -0.05) is 20.8 Å². The smallest absolute Gasteiger partial charge is 0.0809 e. The van der Waals surface area contributed by atoms with Crippen LogP contribution in [0.2, 0.25) is 0 Å². The number of nitrogens with one attached hydrogen (secondary N) is 1. The van der Waals surface area contributed by atoms with Crippen LogP contribution in [0.15, 0.2) is 23.7 Å². The molecule has 0 saturated carbocycles. The number of hydrogen-bond acceptors (Lipinski definition) is 3. The maximum Gasteiger partial charge on any atom is 0.0809 e. The van der Waals surface area contributed by atoms with Gasteiger partial charge in [0.1, 0.15) is 0 Å². The Kier molecular flexibility index (Phi) is 4.36. The predicted octanol–water partition coefficient (Wildman–Crippen LogP) is 4.24. The molecule has 18 heavy (non-hydrogen) atoms. The van der Waals surface area contributed by atoms with E-state index < -0.39 is 0 Å². The van der Waals surface area contributed by atoms with E-state index in [2.05, 4.69) is 55.5 Å². The second-order valence-corrected chi connectivity index (χ2v) is 6.37. The van der Waals surface area contributed by atoms with Gasteiger partial charge in [-0.2, -0.15) is 0 Å². The Morgan fingerprint density at radius 2 is 2.06 bits per heavy atom. The summed E-state index contributed by atoms with van der Waals surface area (Å²) in [6.07, 6.45) is 1.99. The van der Waals surface area contributed by atoms with Crippen LogP contribution in [0.5, 0.6) is 0 Å². The quantitative estimate of drug-likeness (QED) is 0.872. The average Bonchev–Trinajstić information content (AvgIpc) is 2.82. The Morgan fingerprint density at radius 1 is 1.28 bits per heavy atom. The molecule has 0 amide bonds. The lowest BCUT2D eigenvalue weighted by Gasteiger charge is -2.20. The normalized spacial score (nSPS) is 15.2. The van der Waals surface area contributed by atoms with E-state index in [1.54, 1.807) is 11.3 Å². The fraction of sp³-hybridized carbons (Fsp3) is 0.533. The topological polar surface area (TPSA) is 24.9 Å². The van der Waals surface area contributed by atoms with Crippen LogP contribution >= 0.6 is 11.3 Å². The summed E-state index contributed by atoms with van der Waals surface area (Å²) in [6.45, 7) is 10.1. The molecule has 2 unspecified atom stereocenters. The Bertz CT molecular complexity index is 504. The SMILES string of the molecule is CC(NCC(C)C(C)C)c1cnc2ccsc2c1. The van der Waals surface area contributed by atoms with Crippen molar-refractivity contribution in [3.63, 3.8) is 0 Å². The van der Waals surface area contributed by atoms with Gasteiger partial charge in [0.05, 0.1) is 10.2 Å². The number of thiophene rings is 1. The Labute approximate surface area is 113 Å². The molecule has 0 saturated heterocycles. The van der Waals surface area contributed by atoms with Gasteiger partial charge >= 0.3 is 0 Å². The van der Waals surface area contributed by atoms with Crippen LogP contribution in [0.3, 0.4) is 0 Å². The summed E-state index contributed by atoms with van der Waals surface area (Å²) < 4.78 is 1.28. The molecule has 2 atom stereocenters. The molecule has 0 aliphatic heterocycles. The minimum Gasteiger partial charge on any atom is -0.310 e. The molecule has 0 spiro atoms. The van der Waals surface area contributed by atoms with Crippen molar-refractivity contribution >= 4 is 21.6 Å². The highest BCUT2D eigenvalue weighted by Crippen LogP contribution is 2.22. The van der Waals surface area contributed by atoms with Crippen molar-refractivity contribution < 1.29 is 0 Å². The summed E-state index contributed by atoms with van der Waals surface area (Å²) in [5.74, 6) is 1.42. The molecule has 0 aliphatic carbocycles. The van der Waals surface area contributed by atoms with E-state index in [4.69, 9.17) is 0 Å². The minimum absolute atomic E-state index is 0.366. The van der Waals surface area contributed by atoms with E-state index in [1.807, 2.05) is 6.20 Å². The first kappa shape index (κ1) is 13.5. The maximum absolute atomic E-state index is 4.49. The predicted molar refractivity (Wildman–Crippen MR) is 80.0 cm³/mol. The van der Waals surface area contributed by atoms with Gasteiger partial charge in [0.15, 0.2) is 0 Å². The zero-order valence-electron chi connectivity index (χ0n) is 11.6. The van der Waals surface area contributed by atoms with Crippen LogP contribution < -0.4 is 5.32 Å². The van der Waals surface area contributed by atoms with Crippen LogP contribution in [-0.4, -0.2) is 11.5 Å². The van der Waals surface area contributed by atoms with Crippen LogP contribution in [0, 0.1) is 11.8 Å². The van der Waals surface area contributed by atoms with Crippen LogP contribution in [0.25, 0.3) is 10.2 Å². The Balaban J connectivity index is 2.01. The summed E-state index contributed by atoms with van der Waals surface area (Å²) in [5, 5.41) is 5.70. The molecule has 2 heterocycles. The molecule has 1 N–H and O–H groups in total. The van der Waals surface area contributed by atoms with Gasteiger partial charge in [0.2, 0.25) is 0 Å². The zero-order valence-corrected chi connectivity index (χ0v) is 12.4. The molecule has 2 rings (SSSR count). The molecular formula is C15H22N2S. The molecule has 2 aromatic rings. The van der Waals surface area contributed by atoms with Crippen molar-refractivity contribution in [3.05, 3.63) is 29.3 Å². The van der Waals surface area contributed by atoms with Crippen molar-refractivity contribution in [2.45, 2.75) is 33.7 Å². The van der Waals surface area contributed by atoms with Crippen molar-refractivity contribution in [2.24, 2.45) is 11.8 Å². The van der Waals surface area contributed by atoms with Crippen molar-refractivity contribution in [1.82, 2.24) is 10.3 Å². The largest absolute Gasteiger partial charge is 0.310 e. The highest BCUT2D eigenvalue weighted by Gasteiger charge is 2.11. The lowest BCUT2D eigenvalue weighted by Crippen LogP contribution is -2.26. The highest BCUT2D eigenvalue weighted by atomic mass is 32.1.